The molecule has 0 unspecified atom stereocenters. The molecule has 0 bridgehead atoms. The molecule has 7 rings (SSSR count). The van der Waals surface area contributed by atoms with E-state index in [1.54, 1.807) is 13.8 Å². The summed E-state index contributed by atoms with van der Waals surface area (Å²) in [6.07, 6.45) is 0. The molecule has 37 heavy (non-hydrogen) atoms. The van der Waals surface area contributed by atoms with Crippen LogP contribution in [0.2, 0.25) is 0 Å². The lowest BCUT2D eigenvalue weighted by molar-refractivity contribution is 0.532. The van der Waals surface area contributed by atoms with Crippen LogP contribution in [-0.4, -0.2) is 20.4 Å². The van der Waals surface area contributed by atoms with Crippen molar-refractivity contribution in [1.29, 1.82) is 0 Å². The summed E-state index contributed by atoms with van der Waals surface area (Å²) in [5.41, 5.74) is 8.17. The molecule has 2 aromatic heterocycles. The third-order valence-electron chi connectivity index (χ3n) is 7.10. The third-order valence-corrected chi connectivity index (χ3v) is 7.10. The van der Waals surface area contributed by atoms with Crippen molar-refractivity contribution in [2.45, 2.75) is 19.3 Å². The van der Waals surface area contributed by atoms with Crippen LogP contribution in [0.4, 0.5) is 0 Å². The fourth-order valence-electron chi connectivity index (χ4n) is 5.58. The molecule has 6 heteroatoms. The molecule has 0 saturated heterocycles. The highest BCUT2D eigenvalue weighted by Crippen LogP contribution is 2.57. The number of benzene rings is 4. The van der Waals surface area contributed by atoms with Gasteiger partial charge in [-0.2, -0.15) is 0 Å². The minimum absolute atomic E-state index is 0.508. The lowest BCUT2D eigenvalue weighted by Gasteiger charge is -2.34. The highest BCUT2D eigenvalue weighted by molar-refractivity contribution is 5.89. The molecule has 0 N–H and O–H groups in total. The molecule has 0 amide bonds. The Hall–Kier alpha value is -4.84. The molecule has 0 aliphatic heterocycles. The Bertz CT molecular complexity index is 1620. The highest BCUT2D eigenvalue weighted by atomic mass is 16.4. The molecular weight excluding hydrogens is 460 g/mol. The summed E-state index contributed by atoms with van der Waals surface area (Å²) in [7, 11) is 0. The van der Waals surface area contributed by atoms with Gasteiger partial charge in [0.1, 0.15) is 0 Å². The zero-order valence-corrected chi connectivity index (χ0v) is 20.3. The second-order valence-corrected chi connectivity index (χ2v) is 9.26. The Labute approximate surface area is 213 Å². The predicted molar refractivity (Wildman–Crippen MR) is 140 cm³/mol. The summed E-state index contributed by atoms with van der Waals surface area (Å²) < 4.78 is 11.6. The molecule has 0 saturated carbocycles. The maximum atomic E-state index is 5.82. The minimum atomic E-state index is -0.580. The Morgan fingerprint density at radius 2 is 0.946 bits per heavy atom. The third kappa shape index (κ3) is 3.19. The van der Waals surface area contributed by atoms with Gasteiger partial charge in [0.15, 0.2) is 0 Å². The van der Waals surface area contributed by atoms with Crippen molar-refractivity contribution in [2.75, 3.05) is 0 Å². The van der Waals surface area contributed by atoms with Crippen LogP contribution in [0, 0.1) is 13.8 Å². The summed E-state index contributed by atoms with van der Waals surface area (Å²) in [4.78, 5) is 0. The summed E-state index contributed by atoms with van der Waals surface area (Å²) in [6.45, 7) is 3.61. The van der Waals surface area contributed by atoms with Gasteiger partial charge >= 0.3 is 0 Å². The highest BCUT2D eigenvalue weighted by Gasteiger charge is 2.46. The SMILES string of the molecule is Cc1nnc(-c2ccc3c(c2)C(c2ccccc2)(c2ccccc2)c2cc(-c4nnc(C)o4)ccc2-3)o1. The van der Waals surface area contributed by atoms with Crippen molar-refractivity contribution in [3.63, 3.8) is 0 Å². The number of aromatic nitrogens is 4. The van der Waals surface area contributed by atoms with Crippen LogP contribution in [0.5, 0.6) is 0 Å². The summed E-state index contributed by atoms with van der Waals surface area (Å²) in [5, 5.41) is 16.7. The van der Waals surface area contributed by atoms with E-state index in [0.717, 1.165) is 33.4 Å². The maximum absolute atomic E-state index is 5.82. The van der Waals surface area contributed by atoms with Gasteiger partial charge in [-0.05, 0) is 57.6 Å². The van der Waals surface area contributed by atoms with Crippen LogP contribution >= 0.6 is 0 Å². The monoisotopic (exact) mass is 482 g/mol. The van der Waals surface area contributed by atoms with Crippen molar-refractivity contribution < 1.29 is 8.83 Å². The normalized spacial score (nSPS) is 13.4. The van der Waals surface area contributed by atoms with E-state index in [9.17, 15) is 0 Å². The van der Waals surface area contributed by atoms with Gasteiger partial charge in [0.05, 0.1) is 5.41 Å². The van der Waals surface area contributed by atoms with E-state index in [4.69, 9.17) is 8.83 Å². The lowest BCUT2D eigenvalue weighted by atomic mass is 9.67. The van der Waals surface area contributed by atoms with Crippen LogP contribution in [-0.2, 0) is 5.41 Å². The standard InChI is InChI=1S/C31H22N4O2/c1-19-32-34-29(36-19)21-13-15-25-26-16-14-22(30-35-33-20(2)37-30)18-28(26)31(27(25)17-21,23-9-5-3-6-10-23)24-11-7-4-8-12-24/h3-18H,1-2H3. The average Bonchev–Trinajstić information content (AvgIpc) is 3.65. The lowest BCUT2D eigenvalue weighted by Crippen LogP contribution is -2.28. The molecule has 6 nitrogen and oxygen atoms in total. The van der Waals surface area contributed by atoms with E-state index in [0.29, 0.717) is 23.6 Å². The summed E-state index contributed by atoms with van der Waals surface area (Å²) >= 11 is 0. The van der Waals surface area contributed by atoms with Gasteiger partial charge in [0.25, 0.3) is 0 Å². The van der Waals surface area contributed by atoms with Crippen molar-refractivity contribution in [2.24, 2.45) is 0 Å². The number of nitrogens with zero attached hydrogens (tertiary/aromatic N) is 4. The molecule has 1 aliphatic rings. The zero-order valence-electron chi connectivity index (χ0n) is 20.3. The number of hydrogen-bond acceptors (Lipinski definition) is 6. The van der Waals surface area contributed by atoms with Gasteiger partial charge in [-0.3, -0.25) is 0 Å². The van der Waals surface area contributed by atoms with Gasteiger partial charge in [0.2, 0.25) is 23.6 Å². The molecule has 1 aliphatic carbocycles. The number of hydrogen-bond donors (Lipinski definition) is 0. The Balaban J connectivity index is 1.58. The Morgan fingerprint density at radius 1 is 0.514 bits per heavy atom. The van der Waals surface area contributed by atoms with E-state index in [-0.39, 0.29) is 0 Å². The topological polar surface area (TPSA) is 77.8 Å². The van der Waals surface area contributed by atoms with Gasteiger partial charge in [-0.15, -0.1) is 20.4 Å². The number of aryl methyl sites for hydroxylation is 2. The first-order valence-corrected chi connectivity index (χ1v) is 12.2. The molecule has 178 valence electrons. The fraction of sp³-hybridized carbons (Fsp3) is 0.0968. The van der Waals surface area contributed by atoms with Crippen molar-refractivity contribution in [1.82, 2.24) is 20.4 Å². The first-order valence-electron chi connectivity index (χ1n) is 12.2. The summed E-state index contributed by atoms with van der Waals surface area (Å²) in [5.74, 6) is 2.09. The smallest absolute Gasteiger partial charge is 0.247 e. The average molecular weight is 483 g/mol. The quantitative estimate of drug-likeness (QED) is 0.276. The molecular formula is C31H22N4O2. The first-order chi connectivity index (χ1) is 18.1. The van der Waals surface area contributed by atoms with Crippen LogP contribution < -0.4 is 0 Å². The van der Waals surface area contributed by atoms with Crippen molar-refractivity contribution >= 4 is 0 Å². The maximum Gasteiger partial charge on any atom is 0.247 e. The largest absolute Gasteiger partial charge is 0.421 e. The van der Waals surface area contributed by atoms with Crippen molar-refractivity contribution in [3.05, 3.63) is 131 Å². The molecule has 6 aromatic rings. The molecule has 0 spiro atoms. The Kier molecular flexibility index (Phi) is 4.69. The zero-order chi connectivity index (χ0) is 25.0. The molecule has 0 fully saturated rings. The van der Waals surface area contributed by atoms with Crippen LogP contribution in [0.25, 0.3) is 34.0 Å². The second-order valence-electron chi connectivity index (χ2n) is 9.26. The van der Waals surface area contributed by atoms with E-state index >= 15 is 0 Å². The van der Waals surface area contributed by atoms with Crippen molar-refractivity contribution in [3.8, 4) is 34.0 Å². The fourth-order valence-corrected chi connectivity index (χ4v) is 5.58. The number of fused-ring (bicyclic) bond motifs is 3. The predicted octanol–water partition coefficient (Wildman–Crippen LogP) is 6.77. The summed E-state index contributed by atoms with van der Waals surface area (Å²) in [6, 6.07) is 34.1. The molecule has 2 heterocycles. The van der Waals surface area contributed by atoms with Crippen LogP contribution in [0.15, 0.2) is 106 Å². The van der Waals surface area contributed by atoms with E-state index in [1.165, 1.54) is 11.1 Å². The Morgan fingerprint density at radius 3 is 1.32 bits per heavy atom. The van der Waals surface area contributed by atoms with Crippen LogP contribution in [0.3, 0.4) is 0 Å². The number of rotatable bonds is 4. The second kappa shape index (κ2) is 8.10. The minimum Gasteiger partial charge on any atom is -0.421 e. The molecule has 4 aromatic carbocycles. The van der Waals surface area contributed by atoms with Gasteiger partial charge in [0, 0.05) is 25.0 Å². The first kappa shape index (κ1) is 21.4. The van der Waals surface area contributed by atoms with E-state index in [2.05, 4.69) is 105 Å². The van der Waals surface area contributed by atoms with Gasteiger partial charge < -0.3 is 8.83 Å². The van der Waals surface area contributed by atoms with E-state index in [1.807, 2.05) is 12.1 Å². The molecule has 0 radical (unpaired) electrons. The van der Waals surface area contributed by atoms with E-state index < -0.39 is 5.41 Å². The molecule has 0 atom stereocenters. The van der Waals surface area contributed by atoms with Gasteiger partial charge in [-0.1, -0.05) is 72.8 Å². The van der Waals surface area contributed by atoms with Gasteiger partial charge in [-0.25, -0.2) is 0 Å². The van der Waals surface area contributed by atoms with Crippen LogP contribution in [0.1, 0.15) is 34.0 Å².